The minimum atomic E-state index is -0.662. The van der Waals surface area contributed by atoms with Gasteiger partial charge in [-0.2, -0.15) is 0 Å². The van der Waals surface area contributed by atoms with Gasteiger partial charge < -0.3 is 20.7 Å². The predicted molar refractivity (Wildman–Crippen MR) is 102 cm³/mol. The molecule has 3 rings (SSSR count). The number of nitrogens with zero attached hydrogens (tertiary/aromatic N) is 3. The van der Waals surface area contributed by atoms with Crippen LogP contribution in [0.25, 0.3) is 0 Å². The number of esters is 1. The quantitative estimate of drug-likeness (QED) is 0.648. The lowest BCUT2D eigenvalue weighted by Gasteiger charge is -2.23. The van der Waals surface area contributed by atoms with E-state index in [4.69, 9.17) is 10.5 Å². The number of ether oxygens (including phenoxy) is 1. The van der Waals surface area contributed by atoms with Gasteiger partial charge in [0.25, 0.3) is 0 Å². The summed E-state index contributed by atoms with van der Waals surface area (Å²) in [5.74, 6) is -1.43. The average Bonchev–Trinajstić information content (AvgIpc) is 2.71. The molecule has 0 saturated carbocycles. The van der Waals surface area contributed by atoms with Gasteiger partial charge in [-0.3, -0.25) is 0 Å². The molecular formula is C19H17F2N5O2. The summed E-state index contributed by atoms with van der Waals surface area (Å²) in [4.78, 5) is 21.8. The number of methoxy groups -OCH3 is 1. The molecular weight excluding hydrogens is 368 g/mol. The molecule has 3 N–H and O–H groups in total. The number of nitrogens with one attached hydrogen (secondary N) is 1. The third kappa shape index (κ3) is 3.68. The molecule has 0 aliphatic rings. The molecule has 7 nitrogen and oxygen atoms in total. The van der Waals surface area contributed by atoms with E-state index in [0.29, 0.717) is 11.3 Å². The largest absolute Gasteiger partial charge is 0.465 e. The van der Waals surface area contributed by atoms with Crippen molar-refractivity contribution in [1.82, 2.24) is 9.97 Å². The van der Waals surface area contributed by atoms with Crippen LogP contribution >= 0.6 is 0 Å². The van der Waals surface area contributed by atoms with Crippen molar-refractivity contribution in [1.29, 1.82) is 0 Å². The molecule has 0 fully saturated rings. The van der Waals surface area contributed by atoms with Crippen LogP contribution in [0.4, 0.5) is 37.5 Å². The Labute approximate surface area is 159 Å². The minimum absolute atomic E-state index is 0.0910. The van der Waals surface area contributed by atoms with Gasteiger partial charge in [-0.25, -0.2) is 23.5 Å². The summed E-state index contributed by atoms with van der Waals surface area (Å²) in [6, 6.07) is 9.75. The highest BCUT2D eigenvalue weighted by atomic mass is 19.1. The molecule has 1 heterocycles. The van der Waals surface area contributed by atoms with Crippen LogP contribution in [0.1, 0.15) is 10.4 Å². The van der Waals surface area contributed by atoms with E-state index in [-0.39, 0.29) is 23.0 Å². The number of rotatable bonds is 5. The molecule has 0 aliphatic carbocycles. The van der Waals surface area contributed by atoms with Crippen molar-refractivity contribution >= 4 is 34.7 Å². The van der Waals surface area contributed by atoms with Crippen LogP contribution < -0.4 is 16.0 Å². The van der Waals surface area contributed by atoms with Gasteiger partial charge in [0.1, 0.15) is 23.6 Å². The van der Waals surface area contributed by atoms with E-state index >= 15 is 0 Å². The summed E-state index contributed by atoms with van der Waals surface area (Å²) < 4.78 is 32.1. The van der Waals surface area contributed by atoms with Gasteiger partial charge in [0, 0.05) is 13.1 Å². The zero-order valence-corrected chi connectivity index (χ0v) is 15.1. The second-order valence-electron chi connectivity index (χ2n) is 5.78. The van der Waals surface area contributed by atoms with Gasteiger partial charge in [0.05, 0.1) is 24.0 Å². The van der Waals surface area contributed by atoms with Crippen LogP contribution in [0.2, 0.25) is 0 Å². The fourth-order valence-corrected chi connectivity index (χ4v) is 2.64. The van der Waals surface area contributed by atoms with Gasteiger partial charge in [0.15, 0.2) is 11.6 Å². The molecule has 0 saturated heterocycles. The third-order valence-electron chi connectivity index (χ3n) is 4.03. The molecule has 2 aromatic carbocycles. The standard InChI is InChI=1S/C19H17F2N5O2/c1-26(15-6-4-3-5-12(15)19(27)28-2)18-16(22)17(23-10-24-18)25-14-9-11(20)7-8-13(14)21/h3-10H,22H2,1-2H3,(H,23,24,25). The molecule has 1 aromatic heterocycles. The molecule has 144 valence electrons. The number of para-hydroxylation sites is 1. The predicted octanol–water partition coefficient (Wildman–Crippen LogP) is 3.64. The molecule has 0 atom stereocenters. The fourth-order valence-electron chi connectivity index (χ4n) is 2.64. The topological polar surface area (TPSA) is 93.4 Å². The number of nitrogen functional groups attached to an aromatic ring is 1. The summed E-state index contributed by atoms with van der Waals surface area (Å²) in [7, 11) is 2.95. The molecule has 0 unspecified atom stereocenters. The lowest BCUT2D eigenvalue weighted by molar-refractivity contribution is 0.0601. The second kappa shape index (κ2) is 7.87. The van der Waals surface area contributed by atoms with E-state index < -0.39 is 17.6 Å². The molecule has 0 bridgehead atoms. The summed E-state index contributed by atoms with van der Waals surface area (Å²) in [5, 5.41) is 2.67. The first-order valence-corrected chi connectivity index (χ1v) is 8.16. The van der Waals surface area contributed by atoms with Crippen molar-refractivity contribution in [2.75, 3.05) is 30.1 Å². The molecule has 0 radical (unpaired) electrons. The van der Waals surface area contributed by atoms with Crippen molar-refractivity contribution in [3.63, 3.8) is 0 Å². The Hall–Kier alpha value is -3.75. The SMILES string of the molecule is COC(=O)c1ccccc1N(C)c1ncnc(Nc2cc(F)ccc2F)c1N. The van der Waals surface area contributed by atoms with Gasteiger partial charge in [0.2, 0.25) is 0 Å². The Morgan fingerprint density at radius 1 is 1.18 bits per heavy atom. The highest BCUT2D eigenvalue weighted by Gasteiger charge is 2.20. The van der Waals surface area contributed by atoms with E-state index in [0.717, 1.165) is 18.2 Å². The van der Waals surface area contributed by atoms with Gasteiger partial charge >= 0.3 is 5.97 Å². The molecule has 0 aliphatic heterocycles. The molecule has 0 amide bonds. The van der Waals surface area contributed by atoms with Crippen molar-refractivity contribution in [3.05, 3.63) is 66.0 Å². The number of halogens is 2. The fraction of sp³-hybridized carbons (Fsp3) is 0.105. The number of nitrogens with two attached hydrogens (primary N) is 1. The van der Waals surface area contributed by atoms with Gasteiger partial charge in [-0.15, -0.1) is 0 Å². The maximum atomic E-state index is 13.9. The van der Waals surface area contributed by atoms with Crippen LogP contribution in [0.3, 0.4) is 0 Å². The number of hydrogen-bond donors (Lipinski definition) is 2. The third-order valence-corrected chi connectivity index (χ3v) is 4.03. The van der Waals surface area contributed by atoms with Crippen molar-refractivity contribution < 1.29 is 18.3 Å². The average molecular weight is 385 g/mol. The lowest BCUT2D eigenvalue weighted by atomic mass is 10.1. The Kier molecular flexibility index (Phi) is 5.35. The maximum absolute atomic E-state index is 13.9. The van der Waals surface area contributed by atoms with E-state index in [1.165, 1.54) is 13.4 Å². The Bertz CT molecular complexity index is 1030. The number of benzene rings is 2. The first-order valence-electron chi connectivity index (χ1n) is 8.16. The lowest BCUT2D eigenvalue weighted by Crippen LogP contribution is -2.18. The van der Waals surface area contributed by atoms with Crippen molar-refractivity contribution in [2.24, 2.45) is 0 Å². The Morgan fingerprint density at radius 3 is 2.68 bits per heavy atom. The van der Waals surface area contributed by atoms with E-state index in [1.54, 1.807) is 36.2 Å². The molecule has 0 spiro atoms. The zero-order chi connectivity index (χ0) is 20.3. The number of carbonyl (C=O) groups is 1. The first-order chi connectivity index (χ1) is 13.4. The van der Waals surface area contributed by atoms with Crippen LogP contribution in [-0.2, 0) is 4.74 Å². The minimum Gasteiger partial charge on any atom is -0.465 e. The summed E-state index contributed by atoms with van der Waals surface area (Å²) >= 11 is 0. The van der Waals surface area contributed by atoms with Gasteiger partial charge in [-0.05, 0) is 24.3 Å². The highest BCUT2D eigenvalue weighted by Crippen LogP contribution is 2.34. The van der Waals surface area contributed by atoms with Crippen molar-refractivity contribution in [3.8, 4) is 0 Å². The van der Waals surface area contributed by atoms with Crippen LogP contribution in [0, 0.1) is 11.6 Å². The van der Waals surface area contributed by atoms with Crippen LogP contribution in [0.15, 0.2) is 48.8 Å². The van der Waals surface area contributed by atoms with Crippen LogP contribution in [0.5, 0.6) is 0 Å². The second-order valence-corrected chi connectivity index (χ2v) is 5.78. The van der Waals surface area contributed by atoms with E-state index in [1.807, 2.05) is 0 Å². The number of carbonyl (C=O) groups excluding carboxylic acids is 1. The van der Waals surface area contributed by atoms with E-state index in [9.17, 15) is 13.6 Å². The smallest absolute Gasteiger partial charge is 0.339 e. The number of hydrogen-bond acceptors (Lipinski definition) is 7. The zero-order valence-electron chi connectivity index (χ0n) is 15.1. The first kappa shape index (κ1) is 19.0. The van der Waals surface area contributed by atoms with E-state index in [2.05, 4.69) is 15.3 Å². The van der Waals surface area contributed by atoms with Crippen molar-refractivity contribution in [2.45, 2.75) is 0 Å². The molecule has 3 aromatic rings. The number of anilines is 5. The Morgan fingerprint density at radius 2 is 1.93 bits per heavy atom. The number of aromatic nitrogens is 2. The Balaban J connectivity index is 2.00. The molecule has 9 heteroatoms. The van der Waals surface area contributed by atoms with Gasteiger partial charge in [-0.1, -0.05) is 12.1 Å². The van der Waals surface area contributed by atoms with Crippen LogP contribution in [-0.4, -0.2) is 30.1 Å². The normalized spacial score (nSPS) is 10.4. The molecule has 28 heavy (non-hydrogen) atoms. The maximum Gasteiger partial charge on any atom is 0.339 e. The summed E-state index contributed by atoms with van der Waals surface area (Å²) in [6.45, 7) is 0. The monoisotopic (exact) mass is 385 g/mol. The summed E-state index contributed by atoms with van der Waals surface area (Å²) in [5.41, 5.74) is 6.95. The summed E-state index contributed by atoms with van der Waals surface area (Å²) in [6.07, 6.45) is 1.22. The highest BCUT2D eigenvalue weighted by molar-refractivity contribution is 5.97.